The van der Waals surface area contributed by atoms with Crippen molar-refractivity contribution in [3.8, 4) is 6.07 Å². The number of hydrogen-bond acceptors (Lipinski definition) is 6. The van der Waals surface area contributed by atoms with Crippen molar-refractivity contribution in [2.24, 2.45) is 0 Å². The first-order valence-electron chi connectivity index (χ1n) is 7.05. The van der Waals surface area contributed by atoms with Crippen LogP contribution in [-0.4, -0.2) is 15.0 Å². The molecular weight excluding hydrogens is 288 g/mol. The van der Waals surface area contributed by atoms with Crippen LogP contribution in [0.4, 0.5) is 17.3 Å². The highest BCUT2D eigenvalue weighted by Crippen LogP contribution is 2.17. The normalized spacial score (nSPS) is 9.87. The lowest BCUT2D eigenvalue weighted by Crippen LogP contribution is -2.03. The predicted octanol–water partition coefficient (Wildman–Crippen LogP) is 3.10. The van der Waals surface area contributed by atoms with Crippen molar-refractivity contribution in [1.29, 1.82) is 5.26 Å². The second-order valence-corrected chi connectivity index (χ2v) is 4.82. The van der Waals surface area contributed by atoms with Gasteiger partial charge in [0, 0.05) is 30.7 Å². The second-order valence-electron chi connectivity index (χ2n) is 4.82. The van der Waals surface area contributed by atoms with E-state index in [1.54, 1.807) is 24.5 Å². The third kappa shape index (κ3) is 4.02. The maximum atomic E-state index is 8.93. The Morgan fingerprint density at radius 2 is 1.96 bits per heavy atom. The molecule has 0 atom stereocenters. The Balaban J connectivity index is 1.68. The van der Waals surface area contributed by atoms with Crippen LogP contribution in [0.15, 0.2) is 61.2 Å². The maximum Gasteiger partial charge on any atom is 0.135 e. The summed E-state index contributed by atoms with van der Waals surface area (Å²) in [6, 6.07) is 15.0. The first kappa shape index (κ1) is 14.5. The van der Waals surface area contributed by atoms with Gasteiger partial charge in [0.1, 0.15) is 18.0 Å². The Hall–Kier alpha value is -3.46. The number of nitrogens with one attached hydrogen (secondary N) is 2. The third-order valence-corrected chi connectivity index (χ3v) is 3.13. The largest absolute Gasteiger partial charge is 0.366 e. The molecule has 6 heteroatoms. The van der Waals surface area contributed by atoms with E-state index >= 15 is 0 Å². The number of nitrogens with zero attached hydrogens (tertiary/aromatic N) is 4. The fraction of sp³-hybridized carbons (Fsp3) is 0.0588. The summed E-state index contributed by atoms with van der Waals surface area (Å²) in [5.41, 5.74) is 2.47. The predicted molar refractivity (Wildman–Crippen MR) is 88.0 cm³/mol. The summed E-state index contributed by atoms with van der Waals surface area (Å²) in [5.74, 6) is 1.37. The van der Waals surface area contributed by atoms with Crippen molar-refractivity contribution in [2.45, 2.75) is 6.54 Å². The fourth-order valence-corrected chi connectivity index (χ4v) is 2.03. The van der Waals surface area contributed by atoms with E-state index in [4.69, 9.17) is 5.26 Å². The molecule has 0 radical (unpaired) electrons. The van der Waals surface area contributed by atoms with Crippen LogP contribution in [0.5, 0.6) is 0 Å². The van der Waals surface area contributed by atoms with Gasteiger partial charge in [-0.05, 0) is 29.8 Å². The number of hydrogen-bond donors (Lipinski definition) is 2. The van der Waals surface area contributed by atoms with E-state index in [1.807, 2.05) is 30.3 Å². The summed E-state index contributed by atoms with van der Waals surface area (Å²) in [6.07, 6.45) is 5.04. The van der Waals surface area contributed by atoms with Gasteiger partial charge < -0.3 is 10.6 Å². The van der Waals surface area contributed by atoms with Crippen LogP contribution in [0, 0.1) is 11.3 Å². The van der Waals surface area contributed by atoms with E-state index in [0.29, 0.717) is 23.7 Å². The molecule has 2 N–H and O–H groups in total. The molecule has 0 aliphatic rings. The molecule has 1 aromatic carbocycles. The van der Waals surface area contributed by atoms with Gasteiger partial charge in [-0.25, -0.2) is 9.97 Å². The Labute approximate surface area is 133 Å². The van der Waals surface area contributed by atoms with Crippen LogP contribution >= 0.6 is 0 Å². The van der Waals surface area contributed by atoms with Gasteiger partial charge in [-0.1, -0.05) is 12.1 Å². The molecule has 0 saturated heterocycles. The number of rotatable bonds is 5. The Morgan fingerprint density at radius 3 is 2.78 bits per heavy atom. The summed E-state index contributed by atoms with van der Waals surface area (Å²) in [4.78, 5) is 12.5. The molecule has 23 heavy (non-hydrogen) atoms. The molecule has 0 bridgehead atoms. The van der Waals surface area contributed by atoms with Crippen LogP contribution in [-0.2, 0) is 6.54 Å². The first-order chi connectivity index (χ1) is 11.3. The highest BCUT2D eigenvalue weighted by atomic mass is 15.1. The zero-order chi connectivity index (χ0) is 15.9. The van der Waals surface area contributed by atoms with Gasteiger partial charge in [0.15, 0.2) is 0 Å². The lowest BCUT2D eigenvalue weighted by molar-refractivity contribution is 1.07. The molecule has 0 aliphatic carbocycles. The maximum absolute atomic E-state index is 8.93. The minimum absolute atomic E-state index is 0.596. The Kier molecular flexibility index (Phi) is 4.41. The van der Waals surface area contributed by atoms with Crippen molar-refractivity contribution in [3.63, 3.8) is 0 Å². The van der Waals surface area contributed by atoms with Crippen LogP contribution in [0.1, 0.15) is 11.1 Å². The average Bonchev–Trinajstić information content (AvgIpc) is 2.61. The van der Waals surface area contributed by atoms with E-state index in [9.17, 15) is 0 Å². The van der Waals surface area contributed by atoms with Crippen molar-refractivity contribution in [2.75, 3.05) is 10.6 Å². The summed E-state index contributed by atoms with van der Waals surface area (Å²) in [7, 11) is 0. The van der Waals surface area contributed by atoms with Crippen LogP contribution < -0.4 is 10.6 Å². The third-order valence-electron chi connectivity index (χ3n) is 3.13. The topological polar surface area (TPSA) is 86.5 Å². The van der Waals surface area contributed by atoms with Crippen molar-refractivity contribution in [1.82, 2.24) is 15.0 Å². The van der Waals surface area contributed by atoms with Crippen molar-refractivity contribution < 1.29 is 0 Å². The molecule has 0 saturated carbocycles. The molecule has 0 unspecified atom stereocenters. The van der Waals surface area contributed by atoms with E-state index in [-0.39, 0.29) is 0 Å². The Bertz CT molecular complexity index is 826. The van der Waals surface area contributed by atoms with Gasteiger partial charge >= 0.3 is 0 Å². The quantitative estimate of drug-likeness (QED) is 0.753. The van der Waals surface area contributed by atoms with Gasteiger partial charge in [-0.15, -0.1) is 0 Å². The summed E-state index contributed by atoms with van der Waals surface area (Å²) >= 11 is 0. The molecule has 0 aliphatic heterocycles. The molecule has 0 spiro atoms. The molecule has 112 valence electrons. The van der Waals surface area contributed by atoms with E-state index in [1.165, 1.54) is 6.33 Å². The molecule has 0 amide bonds. The zero-order valence-corrected chi connectivity index (χ0v) is 12.3. The van der Waals surface area contributed by atoms with Gasteiger partial charge in [-0.3, -0.25) is 4.98 Å². The standard InChI is InChI=1S/C17H14N6/c18-9-13-3-1-5-15(7-13)23-17-8-16(21-12-22-17)20-11-14-4-2-6-19-10-14/h1-8,10,12H,11H2,(H2,20,21,22,23). The lowest BCUT2D eigenvalue weighted by Gasteiger charge is -2.08. The zero-order valence-electron chi connectivity index (χ0n) is 12.3. The molecule has 6 nitrogen and oxygen atoms in total. The average molecular weight is 302 g/mol. The van der Waals surface area contributed by atoms with Gasteiger partial charge in [0.25, 0.3) is 0 Å². The summed E-state index contributed by atoms with van der Waals surface area (Å²) < 4.78 is 0. The SMILES string of the molecule is N#Cc1cccc(Nc2cc(NCc3cccnc3)ncn2)c1. The monoisotopic (exact) mass is 302 g/mol. The van der Waals surface area contributed by atoms with E-state index < -0.39 is 0 Å². The molecule has 2 heterocycles. The minimum atomic E-state index is 0.596. The van der Waals surface area contributed by atoms with Gasteiger partial charge in [0.2, 0.25) is 0 Å². The van der Waals surface area contributed by atoms with Gasteiger partial charge in [0.05, 0.1) is 11.6 Å². The van der Waals surface area contributed by atoms with Gasteiger partial charge in [-0.2, -0.15) is 5.26 Å². The number of nitriles is 1. The molecule has 3 aromatic rings. The number of aromatic nitrogens is 3. The van der Waals surface area contributed by atoms with Crippen molar-refractivity contribution in [3.05, 3.63) is 72.3 Å². The highest BCUT2D eigenvalue weighted by molar-refractivity contribution is 5.60. The molecule has 3 rings (SSSR count). The molecule has 2 aromatic heterocycles. The first-order valence-corrected chi connectivity index (χ1v) is 7.05. The lowest BCUT2D eigenvalue weighted by atomic mass is 10.2. The summed E-state index contributed by atoms with van der Waals surface area (Å²) in [6.45, 7) is 0.633. The highest BCUT2D eigenvalue weighted by Gasteiger charge is 2.01. The second kappa shape index (κ2) is 7.00. The molecular formula is C17H14N6. The number of anilines is 3. The minimum Gasteiger partial charge on any atom is -0.366 e. The van der Waals surface area contributed by atoms with E-state index in [2.05, 4.69) is 31.7 Å². The fourth-order valence-electron chi connectivity index (χ4n) is 2.03. The van der Waals surface area contributed by atoms with Crippen molar-refractivity contribution >= 4 is 17.3 Å². The van der Waals surface area contributed by atoms with E-state index in [0.717, 1.165) is 11.3 Å². The summed E-state index contributed by atoms with van der Waals surface area (Å²) in [5, 5.41) is 15.3. The Morgan fingerprint density at radius 1 is 1.04 bits per heavy atom. The van der Waals surface area contributed by atoms with Crippen LogP contribution in [0.25, 0.3) is 0 Å². The number of benzene rings is 1. The van der Waals surface area contributed by atoms with Crippen LogP contribution in [0.2, 0.25) is 0 Å². The molecule has 0 fully saturated rings. The van der Waals surface area contributed by atoms with Crippen LogP contribution in [0.3, 0.4) is 0 Å². The number of pyridine rings is 1. The smallest absolute Gasteiger partial charge is 0.135 e.